The smallest absolute Gasteiger partial charge is 0.0468 e. The summed E-state index contributed by atoms with van der Waals surface area (Å²) < 4.78 is 0. The van der Waals surface area contributed by atoms with Crippen LogP contribution in [-0.4, -0.2) is 0 Å². The zero-order chi connectivity index (χ0) is 48.9. The SMILES string of the molecule is Cc1cccc(N(c2ccc(-c3ccc(N(c4ccccc4)c4ccc(N(c5ccccc5)c5ccc6ccccc6c5)cc4)cc3)cc2)c2ccc(N(c3ccccc3)c3ccc4ccccc4c3)cc2)c1. The van der Waals surface area contributed by atoms with Gasteiger partial charge in [0.25, 0.3) is 0 Å². The molecule has 0 aliphatic heterocycles. The first-order valence-electron chi connectivity index (χ1n) is 24.9. The van der Waals surface area contributed by atoms with Crippen LogP contribution in [0.3, 0.4) is 0 Å². The van der Waals surface area contributed by atoms with Crippen LogP contribution in [0.15, 0.2) is 297 Å². The molecule has 0 N–H and O–H groups in total. The van der Waals surface area contributed by atoms with E-state index in [4.69, 9.17) is 0 Å². The van der Waals surface area contributed by atoms with Crippen molar-refractivity contribution in [2.45, 2.75) is 6.92 Å². The molecule has 12 aromatic rings. The normalized spacial score (nSPS) is 11.1. The molecule has 4 heteroatoms. The van der Waals surface area contributed by atoms with Gasteiger partial charge in [-0.1, -0.05) is 152 Å². The molecule has 12 rings (SSSR count). The average Bonchev–Trinajstić information content (AvgIpc) is 3.45. The van der Waals surface area contributed by atoms with Crippen LogP contribution in [0.2, 0.25) is 0 Å². The quantitative estimate of drug-likeness (QED) is 0.114. The molecule has 0 aromatic heterocycles. The average molecular weight is 937 g/mol. The molecule has 73 heavy (non-hydrogen) atoms. The predicted molar refractivity (Wildman–Crippen MR) is 310 cm³/mol. The van der Waals surface area contributed by atoms with Gasteiger partial charge in [-0.15, -0.1) is 0 Å². The van der Waals surface area contributed by atoms with Gasteiger partial charge in [0.1, 0.15) is 0 Å². The number of anilines is 12. The Kier molecular flexibility index (Phi) is 12.2. The molecular weight excluding hydrogens is 885 g/mol. The van der Waals surface area contributed by atoms with Crippen molar-refractivity contribution in [3.05, 3.63) is 303 Å². The van der Waals surface area contributed by atoms with Crippen molar-refractivity contribution in [3.63, 3.8) is 0 Å². The fourth-order valence-corrected chi connectivity index (χ4v) is 10.0. The van der Waals surface area contributed by atoms with Crippen molar-refractivity contribution in [1.29, 1.82) is 0 Å². The number of fused-ring (bicyclic) bond motifs is 2. The number of benzene rings is 12. The minimum absolute atomic E-state index is 1.07. The maximum Gasteiger partial charge on any atom is 0.0468 e. The van der Waals surface area contributed by atoms with Crippen LogP contribution in [-0.2, 0) is 0 Å². The molecule has 12 aromatic carbocycles. The van der Waals surface area contributed by atoms with Crippen LogP contribution < -0.4 is 19.6 Å². The highest BCUT2D eigenvalue weighted by Crippen LogP contribution is 2.43. The Morgan fingerprint density at radius 2 is 0.425 bits per heavy atom. The predicted octanol–water partition coefficient (Wildman–Crippen LogP) is 19.8. The summed E-state index contributed by atoms with van der Waals surface area (Å²) >= 11 is 0. The second-order valence-corrected chi connectivity index (χ2v) is 18.4. The molecule has 0 heterocycles. The topological polar surface area (TPSA) is 13.0 Å². The van der Waals surface area contributed by atoms with E-state index in [9.17, 15) is 0 Å². The minimum Gasteiger partial charge on any atom is -0.311 e. The minimum atomic E-state index is 1.07. The Morgan fingerprint density at radius 3 is 0.767 bits per heavy atom. The highest BCUT2D eigenvalue weighted by molar-refractivity contribution is 5.92. The molecular formula is C69H52N4. The molecule has 4 nitrogen and oxygen atoms in total. The summed E-state index contributed by atoms with van der Waals surface area (Å²) in [5.41, 5.74) is 16.6. The van der Waals surface area contributed by atoms with Gasteiger partial charge in [-0.25, -0.2) is 0 Å². The van der Waals surface area contributed by atoms with E-state index in [-0.39, 0.29) is 0 Å². The van der Waals surface area contributed by atoms with Crippen molar-refractivity contribution in [3.8, 4) is 11.1 Å². The summed E-state index contributed by atoms with van der Waals surface area (Å²) in [6.45, 7) is 2.15. The Hall–Kier alpha value is -9.64. The zero-order valence-electron chi connectivity index (χ0n) is 40.6. The first-order valence-corrected chi connectivity index (χ1v) is 24.9. The van der Waals surface area contributed by atoms with Crippen molar-refractivity contribution in [2.24, 2.45) is 0 Å². The standard InChI is InChI=1S/C69H52N4/c1-51-16-15-27-67(48-51)73(66-46-44-65(45-47-66)72(60-25-9-4-10-26-60)69-39-33-53-18-12-14-20-57(53)50-69)62-36-30-55(31-37-62)54-28-34-61(35-29-54)70(58-21-5-2-6-22-58)63-40-42-64(43-41-63)71(59-23-7-3-8-24-59)68-38-32-52-17-11-13-19-56(52)49-68/h2-50H,1H3. The van der Waals surface area contributed by atoms with Gasteiger partial charge in [0, 0.05) is 68.2 Å². The van der Waals surface area contributed by atoms with Gasteiger partial charge in [-0.2, -0.15) is 0 Å². The Bertz CT molecular complexity index is 3780. The van der Waals surface area contributed by atoms with Gasteiger partial charge in [0.15, 0.2) is 0 Å². The lowest BCUT2D eigenvalue weighted by Gasteiger charge is -2.29. The first-order chi connectivity index (χ1) is 36.1. The lowest BCUT2D eigenvalue weighted by atomic mass is 10.0. The number of aryl methyl sites for hydroxylation is 1. The van der Waals surface area contributed by atoms with Crippen LogP contribution in [0.25, 0.3) is 32.7 Å². The number of hydrogen-bond donors (Lipinski definition) is 0. The molecule has 0 radical (unpaired) electrons. The van der Waals surface area contributed by atoms with E-state index in [1.54, 1.807) is 0 Å². The summed E-state index contributed by atoms with van der Waals surface area (Å²) in [7, 11) is 0. The maximum atomic E-state index is 2.34. The third-order valence-corrected chi connectivity index (χ3v) is 13.6. The molecule has 0 amide bonds. The van der Waals surface area contributed by atoms with Gasteiger partial charge in [0.2, 0.25) is 0 Å². The van der Waals surface area contributed by atoms with Crippen LogP contribution >= 0.6 is 0 Å². The van der Waals surface area contributed by atoms with E-state index >= 15 is 0 Å². The number of rotatable bonds is 13. The van der Waals surface area contributed by atoms with Crippen LogP contribution in [0.5, 0.6) is 0 Å². The third-order valence-electron chi connectivity index (χ3n) is 13.6. The van der Waals surface area contributed by atoms with Gasteiger partial charge >= 0.3 is 0 Å². The second-order valence-electron chi connectivity index (χ2n) is 18.4. The van der Waals surface area contributed by atoms with Crippen LogP contribution in [0.4, 0.5) is 68.2 Å². The molecule has 0 saturated heterocycles. The fourth-order valence-electron chi connectivity index (χ4n) is 10.0. The fraction of sp³-hybridized carbons (Fsp3) is 0.0145. The zero-order valence-corrected chi connectivity index (χ0v) is 40.6. The first kappa shape index (κ1) is 44.6. The van der Waals surface area contributed by atoms with Gasteiger partial charge in [0.05, 0.1) is 0 Å². The summed E-state index contributed by atoms with van der Waals surface area (Å²) in [6, 6.07) is 107. The molecule has 0 atom stereocenters. The van der Waals surface area contributed by atoms with Gasteiger partial charge in [-0.05, 0) is 191 Å². The third kappa shape index (κ3) is 9.29. The summed E-state index contributed by atoms with van der Waals surface area (Å²) in [5, 5.41) is 4.87. The van der Waals surface area contributed by atoms with Crippen LogP contribution in [0.1, 0.15) is 5.56 Å². The highest BCUT2D eigenvalue weighted by Gasteiger charge is 2.19. The van der Waals surface area contributed by atoms with Crippen molar-refractivity contribution >= 4 is 89.8 Å². The van der Waals surface area contributed by atoms with E-state index in [0.29, 0.717) is 0 Å². The number of hydrogen-bond acceptors (Lipinski definition) is 4. The monoisotopic (exact) mass is 936 g/mol. The Labute approximate surface area is 428 Å². The molecule has 0 bridgehead atoms. The lowest BCUT2D eigenvalue weighted by Crippen LogP contribution is -2.12. The largest absolute Gasteiger partial charge is 0.311 e. The number of nitrogens with zero attached hydrogens (tertiary/aromatic N) is 4. The van der Waals surface area contributed by atoms with E-state index < -0.39 is 0 Å². The van der Waals surface area contributed by atoms with Crippen molar-refractivity contribution < 1.29 is 0 Å². The molecule has 0 aliphatic rings. The summed E-state index contributed by atoms with van der Waals surface area (Å²) in [5.74, 6) is 0. The molecule has 0 fully saturated rings. The summed E-state index contributed by atoms with van der Waals surface area (Å²) in [6.07, 6.45) is 0. The molecule has 0 unspecified atom stereocenters. The van der Waals surface area contributed by atoms with Crippen LogP contribution in [0, 0.1) is 6.92 Å². The molecule has 0 aliphatic carbocycles. The van der Waals surface area contributed by atoms with E-state index in [1.807, 2.05) is 0 Å². The number of para-hydroxylation sites is 3. The highest BCUT2D eigenvalue weighted by atomic mass is 15.2. The lowest BCUT2D eigenvalue weighted by molar-refractivity contribution is 1.25. The van der Waals surface area contributed by atoms with E-state index in [1.165, 1.54) is 27.1 Å². The molecule has 348 valence electrons. The maximum absolute atomic E-state index is 2.34. The molecule has 0 saturated carbocycles. The van der Waals surface area contributed by atoms with Gasteiger partial charge in [-0.3, -0.25) is 0 Å². The Balaban J connectivity index is 0.839. The van der Waals surface area contributed by atoms with Gasteiger partial charge < -0.3 is 19.6 Å². The second kappa shape index (κ2) is 20.0. The van der Waals surface area contributed by atoms with Crippen molar-refractivity contribution in [2.75, 3.05) is 19.6 Å². The van der Waals surface area contributed by atoms with E-state index in [2.05, 4.69) is 324 Å². The summed E-state index contributed by atoms with van der Waals surface area (Å²) in [4.78, 5) is 9.32. The van der Waals surface area contributed by atoms with E-state index in [0.717, 1.165) is 79.4 Å². The Morgan fingerprint density at radius 1 is 0.178 bits per heavy atom. The molecule has 0 spiro atoms. The van der Waals surface area contributed by atoms with Crippen molar-refractivity contribution in [1.82, 2.24) is 0 Å².